The molecule has 1 atom stereocenters. The Morgan fingerprint density at radius 2 is 1.94 bits per heavy atom. The van der Waals surface area contributed by atoms with E-state index in [2.05, 4.69) is 15.3 Å². The minimum absolute atomic E-state index is 0.0103. The Hall–Kier alpha value is -2.27. The summed E-state index contributed by atoms with van der Waals surface area (Å²) in [6.45, 7) is 2.01. The topological polar surface area (TPSA) is 124 Å². The smallest absolute Gasteiger partial charge is 0.275 e. The highest BCUT2D eigenvalue weighted by molar-refractivity contribution is 7.93. The number of halogens is 3. The number of nitrogens with one attached hydrogen (secondary N) is 1. The van der Waals surface area contributed by atoms with Crippen LogP contribution in [-0.2, 0) is 20.1 Å². The molecule has 0 saturated carbocycles. The first-order valence-corrected chi connectivity index (χ1v) is 12.5. The molecule has 0 radical (unpaired) electrons. The van der Waals surface area contributed by atoms with Crippen LogP contribution < -0.4 is 11.1 Å². The highest BCUT2D eigenvalue weighted by Gasteiger charge is 2.55. The van der Waals surface area contributed by atoms with Gasteiger partial charge in [0.25, 0.3) is 5.91 Å². The van der Waals surface area contributed by atoms with Crippen LogP contribution in [0, 0.1) is 5.82 Å². The van der Waals surface area contributed by atoms with Gasteiger partial charge in [0.15, 0.2) is 9.84 Å². The standard InChI is InChI=1S/C21H21Cl2FN4O4S/c1-20(11-33(30,31)21(19(25)28-20)4-6-32-7-5-21)14-9-13(2-3-16(14)24)27-18(29)17-15(23)8-12(22)10-26-17/h2-3,8-10H,4-7,11H2,1H3,(H2,25,28)(H,27,29)/t20-/m0/s1. The minimum Gasteiger partial charge on any atom is -0.386 e. The fourth-order valence-corrected chi connectivity index (χ4v) is 7.12. The molecule has 1 saturated heterocycles. The number of nitrogens with zero attached hydrogens (tertiary/aromatic N) is 2. The number of ether oxygens (including phenoxy) is 1. The van der Waals surface area contributed by atoms with E-state index in [0.29, 0.717) is 0 Å². The number of amidine groups is 1. The van der Waals surface area contributed by atoms with Crippen molar-refractivity contribution in [2.45, 2.75) is 30.1 Å². The van der Waals surface area contributed by atoms with Gasteiger partial charge in [0, 0.05) is 30.7 Å². The number of hydrogen-bond donors (Lipinski definition) is 2. The summed E-state index contributed by atoms with van der Waals surface area (Å²) in [5, 5.41) is 2.91. The van der Waals surface area contributed by atoms with Gasteiger partial charge >= 0.3 is 0 Å². The average Bonchev–Trinajstić information content (AvgIpc) is 2.74. The second-order valence-corrected chi connectivity index (χ2v) is 11.4. The Morgan fingerprint density at radius 3 is 2.58 bits per heavy atom. The molecule has 1 fully saturated rings. The molecule has 4 rings (SSSR count). The molecule has 33 heavy (non-hydrogen) atoms. The van der Waals surface area contributed by atoms with Crippen molar-refractivity contribution in [2.24, 2.45) is 10.7 Å². The van der Waals surface area contributed by atoms with Gasteiger partial charge in [0.2, 0.25) is 0 Å². The third-order valence-electron chi connectivity index (χ3n) is 6.03. The summed E-state index contributed by atoms with van der Waals surface area (Å²) in [4.78, 5) is 21.0. The number of anilines is 1. The molecule has 3 heterocycles. The molecule has 1 aromatic carbocycles. The van der Waals surface area contributed by atoms with Crippen molar-refractivity contribution in [1.29, 1.82) is 0 Å². The lowest BCUT2D eigenvalue weighted by Gasteiger charge is -2.43. The molecule has 2 aromatic rings. The fourth-order valence-electron chi connectivity index (χ4n) is 4.26. The molecule has 1 aromatic heterocycles. The van der Waals surface area contributed by atoms with Crippen molar-refractivity contribution in [3.05, 3.63) is 57.6 Å². The molecule has 0 bridgehead atoms. The molecule has 0 unspecified atom stereocenters. The Bertz CT molecular complexity index is 1260. The van der Waals surface area contributed by atoms with Gasteiger partial charge in [-0.3, -0.25) is 9.79 Å². The molecular weight excluding hydrogens is 494 g/mol. The van der Waals surface area contributed by atoms with Gasteiger partial charge in [-0.1, -0.05) is 23.2 Å². The quantitative estimate of drug-likeness (QED) is 0.647. The van der Waals surface area contributed by atoms with Gasteiger partial charge in [-0.25, -0.2) is 17.8 Å². The Morgan fingerprint density at radius 1 is 1.24 bits per heavy atom. The third kappa shape index (κ3) is 4.21. The second kappa shape index (κ2) is 8.50. The van der Waals surface area contributed by atoms with E-state index in [9.17, 15) is 17.6 Å². The van der Waals surface area contributed by atoms with Gasteiger partial charge in [-0.2, -0.15) is 0 Å². The summed E-state index contributed by atoms with van der Waals surface area (Å²) in [6.07, 6.45) is 1.68. The van der Waals surface area contributed by atoms with Crippen molar-refractivity contribution in [3.63, 3.8) is 0 Å². The number of nitrogens with two attached hydrogens (primary N) is 1. The number of amides is 1. The lowest BCUT2D eigenvalue weighted by Crippen LogP contribution is -2.60. The zero-order valence-electron chi connectivity index (χ0n) is 17.6. The van der Waals surface area contributed by atoms with Crippen LogP contribution in [0.25, 0.3) is 0 Å². The lowest BCUT2D eigenvalue weighted by molar-refractivity contribution is 0.0875. The van der Waals surface area contributed by atoms with E-state index in [1.165, 1.54) is 31.3 Å². The van der Waals surface area contributed by atoms with E-state index < -0.39 is 37.6 Å². The minimum atomic E-state index is -3.79. The number of carbonyl (C=O) groups excluding carboxylic acids is 1. The molecule has 0 aliphatic carbocycles. The lowest BCUT2D eigenvalue weighted by atomic mass is 9.91. The molecule has 3 N–H and O–H groups in total. The van der Waals surface area contributed by atoms with E-state index in [-0.39, 0.29) is 58.9 Å². The van der Waals surface area contributed by atoms with E-state index in [0.717, 1.165) is 6.07 Å². The molecule has 2 aliphatic rings. The first kappa shape index (κ1) is 23.9. The first-order chi connectivity index (χ1) is 15.5. The largest absolute Gasteiger partial charge is 0.386 e. The van der Waals surface area contributed by atoms with Crippen LogP contribution in [0.15, 0.2) is 35.5 Å². The van der Waals surface area contributed by atoms with Gasteiger partial charge in [-0.15, -0.1) is 0 Å². The highest BCUT2D eigenvalue weighted by Crippen LogP contribution is 2.42. The van der Waals surface area contributed by atoms with E-state index in [1.54, 1.807) is 0 Å². The van der Waals surface area contributed by atoms with Crippen molar-refractivity contribution < 1.29 is 22.3 Å². The SMILES string of the molecule is C[C@@]1(c2cc(NC(=O)c3ncc(Cl)cc3Cl)ccc2F)CS(=O)(=O)C2(CCOCC2)C(N)=N1. The summed E-state index contributed by atoms with van der Waals surface area (Å²) in [5.41, 5.74) is 4.85. The molecule has 8 nitrogen and oxygen atoms in total. The number of aromatic nitrogens is 1. The summed E-state index contributed by atoms with van der Waals surface area (Å²) >= 11 is 11.8. The normalized spacial score (nSPS) is 23.7. The Labute approximate surface area is 200 Å². The van der Waals surface area contributed by atoms with E-state index >= 15 is 0 Å². The van der Waals surface area contributed by atoms with E-state index in [1.807, 2.05) is 0 Å². The Kier molecular flexibility index (Phi) is 6.15. The second-order valence-electron chi connectivity index (χ2n) is 8.27. The number of rotatable bonds is 3. The molecule has 2 aliphatic heterocycles. The zero-order chi connectivity index (χ0) is 24.0. The van der Waals surface area contributed by atoms with Crippen molar-refractivity contribution in [3.8, 4) is 0 Å². The van der Waals surface area contributed by atoms with Crippen LogP contribution in [-0.4, -0.2) is 48.9 Å². The fraction of sp³-hybridized carbons (Fsp3) is 0.381. The van der Waals surface area contributed by atoms with Crippen molar-refractivity contribution in [1.82, 2.24) is 4.98 Å². The molecule has 176 valence electrons. The van der Waals surface area contributed by atoms with Gasteiger partial charge in [0.1, 0.15) is 27.6 Å². The average molecular weight is 515 g/mol. The van der Waals surface area contributed by atoms with Crippen LogP contribution in [0.5, 0.6) is 0 Å². The number of carbonyl (C=O) groups is 1. The van der Waals surface area contributed by atoms with Gasteiger partial charge < -0.3 is 15.8 Å². The van der Waals surface area contributed by atoms with Crippen LogP contribution in [0.4, 0.5) is 10.1 Å². The van der Waals surface area contributed by atoms with Crippen molar-refractivity contribution in [2.75, 3.05) is 24.3 Å². The Balaban J connectivity index is 1.70. The van der Waals surface area contributed by atoms with Gasteiger partial charge in [0.05, 0.1) is 15.8 Å². The van der Waals surface area contributed by atoms with E-state index in [4.69, 9.17) is 33.7 Å². The summed E-state index contributed by atoms with van der Waals surface area (Å²) < 4.78 is 45.6. The number of aliphatic imine (C=N–C) groups is 1. The number of benzene rings is 1. The number of pyridine rings is 1. The number of hydrogen-bond acceptors (Lipinski definition) is 7. The van der Waals surface area contributed by atoms with Crippen LogP contribution in [0.3, 0.4) is 0 Å². The number of sulfone groups is 1. The molecule has 1 spiro atoms. The highest BCUT2D eigenvalue weighted by atomic mass is 35.5. The monoisotopic (exact) mass is 514 g/mol. The zero-order valence-corrected chi connectivity index (χ0v) is 19.9. The molecule has 1 amide bonds. The predicted molar refractivity (Wildman–Crippen MR) is 124 cm³/mol. The van der Waals surface area contributed by atoms with Crippen molar-refractivity contribution >= 4 is 50.5 Å². The summed E-state index contributed by atoms with van der Waals surface area (Å²) in [7, 11) is -3.79. The first-order valence-electron chi connectivity index (χ1n) is 10.1. The van der Waals surface area contributed by atoms with Crippen LogP contribution in [0.2, 0.25) is 10.0 Å². The van der Waals surface area contributed by atoms with Crippen LogP contribution >= 0.6 is 23.2 Å². The van der Waals surface area contributed by atoms with Crippen LogP contribution in [0.1, 0.15) is 35.8 Å². The summed E-state index contributed by atoms with van der Waals surface area (Å²) in [5.74, 6) is -1.79. The summed E-state index contributed by atoms with van der Waals surface area (Å²) in [6, 6.07) is 5.18. The van der Waals surface area contributed by atoms with Gasteiger partial charge in [-0.05, 0) is 44.0 Å². The third-order valence-corrected chi connectivity index (χ3v) is 9.27. The molecule has 12 heteroatoms. The maximum absolute atomic E-state index is 14.9. The predicted octanol–water partition coefficient (Wildman–Crippen LogP) is 3.33. The maximum Gasteiger partial charge on any atom is 0.275 e. The molecular formula is C21H21Cl2FN4O4S. The maximum atomic E-state index is 14.9.